The van der Waals surface area contributed by atoms with E-state index in [1.54, 1.807) is 12.1 Å². The molecule has 1 unspecified atom stereocenters. The Bertz CT molecular complexity index is 369. The molecular weight excluding hydrogens is 212 g/mol. The van der Waals surface area contributed by atoms with Gasteiger partial charge < -0.3 is 9.88 Å². The van der Waals surface area contributed by atoms with Crippen LogP contribution < -0.4 is 10.7 Å². The zero-order valence-electron chi connectivity index (χ0n) is 11.4. The standard InChI is InChI=1S/C14H24N2O/c1-5-8-15-13(14(2,3)4)11-16-9-6-12(17)7-10-16/h6-7,9-10,13,15H,5,8,11H2,1-4H3. The predicted octanol–water partition coefficient (Wildman–Crippen LogP) is 2.26. The van der Waals surface area contributed by atoms with Gasteiger partial charge in [-0.05, 0) is 18.4 Å². The van der Waals surface area contributed by atoms with Gasteiger partial charge in [0.1, 0.15) is 0 Å². The van der Waals surface area contributed by atoms with Crippen LogP contribution in [0, 0.1) is 5.41 Å². The molecule has 3 nitrogen and oxygen atoms in total. The van der Waals surface area contributed by atoms with E-state index < -0.39 is 0 Å². The molecule has 0 fully saturated rings. The molecule has 1 aromatic rings. The first-order valence-corrected chi connectivity index (χ1v) is 6.33. The Hall–Kier alpha value is -1.09. The van der Waals surface area contributed by atoms with E-state index in [1.165, 1.54) is 0 Å². The van der Waals surface area contributed by atoms with Crippen LogP contribution in [0.15, 0.2) is 29.3 Å². The molecule has 0 radical (unpaired) electrons. The minimum Gasteiger partial charge on any atom is -0.352 e. The van der Waals surface area contributed by atoms with Crippen LogP contribution in [0.2, 0.25) is 0 Å². The van der Waals surface area contributed by atoms with Gasteiger partial charge in [0.05, 0.1) is 0 Å². The zero-order chi connectivity index (χ0) is 12.9. The van der Waals surface area contributed by atoms with Crippen molar-refractivity contribution in [3.63, 3.8) is 0 Å². The van der Waals surface area contributed by atoms with E-state index in [0.717, 1.165) is 19.5 Å². The molecule has 0 aliphatic heterocycles. The second-order valence-corrected chi connectivity index (χ2v) is 5.60. The summed E-state index contributed by atoms with van der Waals surface area (Å²) in [7, 11) is 0. The highest BCUT2D eigenvalue weighted by Crippen LogP contribution is 2.20. The molecule has 3 heteroatoms. The van der Waals surface area contributed by atoms with Crippen LogP contribution in [0.25, 0.3) is 0 Å². The van der Waals surface area contributed by atoms with Gasteiger partial charge in [-0.2, -0.15) is 0 Å². The quantitative estimate of drug-likeness (QED) is 0.851. The third kappa shape index (κ3) is 4.73. The fourth-order valence-corrected chi connectivity index (χ4v) is 1.74. The summed E-state index contributed by atoms with van der Waals surface area (Å²) in [6, 6.07) is 3.63. The Morgan fingerprint density at radius 3 is 2.35 bits per heavy atom. The second-order valence-electron chi connectivity index (χ2n) is 5.60. The average molecular weight is 236 g/mol. The number of hydrogen-bond acceptors (Lipinski definition) is 2. The van der Waals surface area contributed by atoms with E-state index in [4.69, 9.17) is 0 Å². The first kappa shape index (κ1) is 14.0. The monoisotopic (exact) mass is 236 g/mol. The molecule has 1 aromatic heterocycles. The molecule has 0 bridgehead atoms. The van der Waals surface area contributed by atoms with Crippen molar-refractivity contribution in [3.05, 3.63) is 34.7 Å². The lowest BCUT2D eigenvalue weighted by Gasteiger charge is -2.32. The first-order valence-electron chi connectivity index (χ1n) is 6.33. The number of aromatic nitrogens is 1. The van der Waals surface area contributed by atoms with Crippen molar-refractivity contribution in [2.45, 2.75) is 46.7 Å². The van der Waals surface area contributed by atoms with E-state index in [1.807, 2.05) is 12.4 Å². The molecule has 0 aromatic carbocycles. The van der Waals surface area contributed by atoms with Crippen LogP contribution in [-0.2, 0) is 6.54 Å². The Kier molecular flexibility index (Phi) is 4.94. The van der Waals surface area contributed by atoms with Crippen LogP contribution in [-0.4, -0.2) is 17.2 Å². The first-order chi connectivity index (χ1) is 7.93. The highest BCUT2D eigenvalue weighted by molar-refractivity contribution is 4.95. The number of rotatable bonds is 5. The van der Waals surface area contributed by atoms with Crippen molar-refractivity contribution in [2.24, 2.45) is 5.41 Å². The van der Waals surface area contributed by atoms with Gasteiger partial charge in [0, 0.05) is 37.1 Å². The molecule has 0 aliphatic carbocycles. The van der Waals surface area contributed by atoms with Crippen LogP contribution in [0.1, 0.15) is 34.1 Å². The molecule has 17 heavy (non-hydrogen) atoms. The Morgan fingerprint density at radius 1 is 1.29 bits per heavy atom. The molecule has 1 heterocycles. The summed E-state index contributed by atoms with van der Waals surface area (Å²) in [6.45, 7) is 10.8. The largest absolute Gasteiger partial charge is 0.352 e. The van der Waals surface area contributed by atoms with Crippen molar-refractivity contribution >= 4 is 0 Å². The van der Waals surface area contributed by atoms with Gasteiger partial charge in [-0.3, -0.25) is 4.79 Å². The summed E-state index contributed by atoms with van der Waals surface area (Å²) in [5, 5.41) is 3.57. The number of nitrogens with zero attached hydrogens (tertiary/aromatic N) is 1. The van der Waals surface area contributed by atoms with Crippen LogP contribution in [0.5, 0.6) is 0 Å². The minimum absolute atomic E-state index is 0.0649. The molecule has 0 amide bonds. The third-order valence-corrected chi connectivity index (χ3v) is 2.94. The summed E-state index contributed by atoms with van der Waals surface area (Å²) >= 11 is 0. The van der Waals surface area contributed by atoms with Crippen molar-refractivity contribution in [3.8, 4) is 0 Å². The molecule has 1 rings (SSSR count). The predicted molar refractivity (Wildman–Crippen MR) is 72.2 cm³/mol. The molecule has 1 atom stereocenters. The number of hydrogen-bond donors (Lipinski definition) is 1. The summed E-state index contributed by atoms with van der Waals surface area (Å²) < 4.78 is 2.07. The summed E-state index contributed by atoms with van der Waals surface area (Å²) in [5.41, 5.74) is 0.272. The lowest BCUT2D eigenvalue weighted by molar-refractivity contribution is 0.242. The van der Waals surface area contributed by atoms with Crippen molar-refractivity contribution in [1.82, 2.24) is 9.88 Å². The summed E-state index contributed by atoms with van der Waals surface area (Å²) in [4.78, 5) is 11.0. The van der Waals surface area contributed by atoms with Gasteiger partial charge in [0.25, 0.3) is 0 Å². The van der Waals surface area contributed by atoms with Gasteiger partial charge in [-0.25, -0.2) is 0 Å². The van der Waals surface area contributed by atoms with Crippen molar-refractivity contribution in [2.75, 3.05) is 6.54 Å². The molecule has 0 aliphatic rings. The minimum atomic E-state index is 0.0649. The zero-order valence-corrected chi connectivity index (χ0v) is 11.4. The van der Waals surface area contributed by atoms with E-state index in [9.17, 15) is 4.79 Å². The van der Waals surface area contributed by atoms with Gasteiger partial charge in [-0.1, -0.05) is 27.7 Å². The Labute approximate surface area is 104 Å². The summed E-state index contributed by atoms with van der Waals surface area (Å²) in [5.74, 6) is 0. The molecule has 0 spiro atoms. The van der Waals surface area contributed by atoms with Crippen molar-refractivity contribution in [1.29, 1.82) is 0 Å². The van der Waals surface area contributed by atoms with Crippen LogP contribution in [0.4, 0.5) is 0 Å². The maximum Gasteiger partial charge on any atom is 0.181 e. The average Bonchev–Trinajstić information content (AvgIpc) is 2.25. The topological polar surface area (TPSA) is 34.0 Å². The smallest absolute Gasteiger partial charge is 0.181 e. The lowest BCUT2D eigenvalue weighted by Crippen LogP contribution is -2.43. The van der Waals surface area contributed by atoms with E-state index in [2.05, 4.69) is 37.6 Å². The molecule has 96 valence electrons. The van der Waals surface area contributed by atoms with Crippen LogP contribution in [0.3, 0.4) is 0 Å². The van der Waals surface area contributed by atoms with Crippen LogP contribution >= 0.6 is 0 Å². The second kappa shape index (κ2) is 6.01. The fraction of sp³-hybridized carbons (Fsp3) is 0.643. The van der Waals surface area contributed by atoms with Gasteiger partial charge in [0.2, 0.25) is 0 Å². The van der Waals surface area contributed by atoms with Gasteiger partial charge >= 0.3 is 0 Å². The SMILES string of the molecule is CCCNC(Cn1ccc(=O)cc1)C(C)(C)C. The highest BCUT2D eigenvalue weighted by Gasteiger charge is 2.23. The number of pyridine rings is 1. The number of nitrogens with one attached hydrogen (secondary N) is 1. The lowest BCUT2D eigenvalue weighted by atomic mass is 9.86. The Balaban J connectivity index is 2.72. The summed E-state index contributed by atoms with van der Waals surface area (Å²) in [6.07, 6.45) is 4.85. The fourth-order valence-electron chi connectivity index (χ4n) is 1.74. The normalized spacial score (nSPS) is 13.6. The maximum absolute atomic E-state index is 11.0. The third-order valence-electron chi connectivity index (χ3n) is 2.94. The molecule has 0 saturated heterocycles. The van der Waals surface area contributed by atoms with Gasteiger partial charge in [0.15, 0.2) is 5.43 Å². The molecule has 1 N–H and O–H groups in total. The van der Waals surface area contributed by atoms with E-state index >= 15 is 0 Å². The molecule has 0 saturated carbocycles. The van der Waals surface area contributed by atoms with E-state index in [-0.39, 0.29) is 10.8 Å². The van der Waals surface area contributed by atoms with Gasteiger partial charge in [-0.15, -0.1) is 0 Å². The van der Waals surface area contributed by atoms with Crippen molar-refractivity contribution < 1.29 is 0 Å². The highest BCUT2D eigenvalue weighted by atomic mass is 16.1. The maximum atomic E-state index is 11.0. The van der Waals surface area contributed by atoms with E-state index in [0.29, 0.717) is 6.04 Å². The molecular formula is C14H24N2O. The Morgan fingerprint density at radius 2 is 1.88 bits per heavy atom.